The van der Waals surface area contributed by atoms with E-state index >= 15 is 0 Å². The van der Waals surface area contributed by atoms with Crippen molar-refractivity contribution in [3.63, 3.8) is 0 Å². The van der Waals surface area contributed by atoms with Crippen LogP contribution in [0.5, 0.6) is 5.75 Å². The minimum absolute atomic E-state index is 0.256. The highest BCUT2D eigenvalue weighted by molar-refractivity contribution is 5.30. The van der Waals surface area contributed by atoms with Crippen molar-refractivity contribution in [2.45, 2.75) is 12.5 Å². The molecular formula is C13H19FO4. The number of hydrogen-bond donors (Lipinski definition) is 1. The molecule has 1 aromatic carbocycles. The summed E-state index contributed by atoms with van der Waals surface area (Å²) in [6.45, 7) is 1.33. The van der Waals surface area contributed by atoms with Gasteiger partial charge in [0, 0.05) is 31.8 Å². The zero-order valence-electron chi connectivity index (χ0n) is 10.7. The monoisotopic (exact) mass is 258 g/mol. The molecule has 0 bridgehead atoms. The lowest BCUT2D eigenvalue weighted by molar-refractivity contribution is 0.0468. The van der Waals surface area contributed by atoms with Crippen molar-refractivity contribution < 1.29 is 23.7 Å². The third-order valence-corrected chi connectivity index (χ3v) is 2.53. The maximum Gasteiger partial charge on any atom is 0.132 e. The van der Waals surface area contributed by atoms with Crippen LogP contribution in [-0.4, -0.2) is 39.1 Å². The van der Waals surface area contributed by atoms with Gasteiger partial charge in [0.25, 0.3) is 0 Å². The number of methoxy groups -OCH3 is 2. The fourth-order valence-corrected chi connectivity index (χ4v) is 1.50. The average Bonchev–Trinajstić information content (AvgIpc) is 2.38. The second kappa shape index (κ2) is 8.02. The first kappa shape index (κ1) is 14.9. The van der Waals surface area contributed by atoms with E-state index in [0.717, 1.165) is 0 Å². The van der Waals surface area contributed by atoms with Gasteiger partial charge >= 0.3 is 0 Å². The minimum atomic E-state index is -0.876. The van der Waals surface area contributed by atoms with Crippen molar-refractivity contribution in [3.05, 3.63) is 29.6 Å². The van der Waals surface area contributed by atoms with Gasteiger partial charge in [0.2, 0.25) is 0 Å². The SMILES string of the molecule is COCCOCCC(O)c1ccc(OC)cc1F. The maximum atomic E-state index is 13.6. The summed E-state index contributed by atoms with van der Waals surface area (Å²) in [5.41, 5.74) is 0.256. The molecule has 0 aliphatic rings. The fourth-order valence-electron chi connectivity index (χ4n) is 1.50. The van der Waals surface area contributed by atoms with E-state index in [-0.39, 0.29) is 5.56 Å². The quantitative estimate of drug-likeness (QED) is 0.724. The number of aliphatic hydroxyl groups excluding tert-OH is 1. The molecule has 1 unspecified atom stereocenters. The smallest absolute Gasteiger partial charge is 0.132 e. The summed E-state index contributed by atoms with van der Waals surface area (Å²) >= 11 is 0. The van der Waals surface area contributed by atoms with Crippen molar-refractivity contribution >= 4 is 0 Å². The third-order valence-electron chi connectivity index (χ3n) is 2.53. The van der Waals surface area contributed by atoms with Crippen LogP contribution in [0.2, 0.25) is 0 Å². The third kappa shape index (κ3) is 4.60. The lowest BCUT2D eigenvalue weighted by Gasteiger charge is -2.13. The van der Waals surface area contributed by atoms with Crippen LogP contribution in [0, 0.1) is 5.82 Å². The number of halogens is 1. The summed E-state index contributed by atoms with van der Waals surface area (Å²) in [4.78, 5) is 0. The second-order valence-electron chi connectivity index (χ2n) is 3.80. The predicted molar refractivity (Wildman–Crippen MR) is 65.2 cm³/mol. The molecule has 0 aliphatic carbocycles. The summed E-state index contributed by atoms with van der Waals surface area (Å²) < 4.78 is 28.5. The van der Waals surface area contributed by atoms with Crippen molar-refractivity contribution in [1.29, 1.82) is 0 Å². The van der Waals surface area contributed by atoms with E-state index < -0.39 is 11.9 Å². The molecule has 1 rings (SSSR count). The van der Waals surface area contributed by atoms with E-state index in [1.807, 2.05) is 0 Å². The van der Waals surface area contributed by atoms with Crippen molar-refractivity contribution in [2.24, 2.45) is 0 Å². The maximum absolute atomic E-state index is 13.6. The molecule has 0 saturated carbocycles. The van der Waals surface area contributed by atoms with E-state index in [2.05, 4.69) is 0 Å². The highest BCUT2D eigenvalue weighted by atomic mass is 19.1. The van der Waals surface area contributed by atoms with Crippen molar-refractivity contribution in [2.75, 3.05) is 34.0 Å². The van der Waals surface area contributed by atoms with Gasteiger partial charge in [-0.25, -0.2) is 4.39 Å². The molecule has 0 amide bonds. The average molecular weight is 258 g/mol. The van der Waals surface area contributed by atoms with Gasteiger partial charge in [-0.3, -0.25) is 0 Å². The molecular weight excluding hydrogens is 239 g/mol. The molecule has 0 aromatic heterocycles. The Labute approximate surface area is 106 Å². The minimum Gasteiger partial charge on any atom is -0.497 e. The molecule has 0 aliphatic heterocycles. The summed E-state index contributed by atoms with van der Waals surface area (Å²) in [7, 11) is 3.06. The van der Waals surface area contributed by atoms with Gasteiger partial charge in [-0.05, 0) is 12.1 Å². The first-order valence-corrected chi connectivity index (χ1v) is 5.77. The Morgan fingerprint density at radius 1 is 1.22 bits per heavy atom. The Kier molecular flexibility index (Phi) is 6.64. The fraction of sp³-hybridized carbons (Fsp3) is 0.538. The second-order valence-corrected chi connectivity index (χ2v) is 3.80. The summed E-state index contributed by atoms with van der Waals surface area (Å²) in [5.74, 6) is -0.0430. The Hall–Kier alpha value is -1.17. The van der Waals surface area contributed by atoms with Gasteiger partial charge < -0.3 is 19.3 Å². The molecule has 0 spiro atoms. The van der Waals surface area contributed by atoms with Crippen LogP contribution < -0.4 is 4.74 Å². The Morgan fingerprint density at radius 3 is 2.61 bits per heavy atom. The first-order chi connectivity index (χ1) is 8.69. The Bertz CT molecular complexity index is 357. The molecule has 0 saturated heterocycles. The van der Waals surface area contributed by atoms with E-state index in [1.54, 1.807) is 13.2 Å². The normalized spacial score (nSPS) is 12.4. The standard InChI is InChI=1S/C13H19FO4/c1-16-7-8-18-6-5-13(15)11-4-3-10(17-2)9-12(11)14/h3-4,9,13,15H,5-8H2,1-2H3. The largest absolute Gasteiger partial charge is 0.497 e. The molecule has 0 radical (unpaired) electrons. The van der Waals surface area contributed by atoms with Crippen LogP contribution >= 0.6 is 0 Å². The highest BCUT2D eigenvalue weighted by Crippen LogP contribution is 2.23. The lowest BCUT2D eigenvalue weighted by atomic mass is 10.1. The van der Waals surface area contributed by atoms with E-state index in [4.69, 9.17) is 14.2 Å². The van der Waals surface area contributed by atoms with Gasteiger partial charge in [-0.2, -0.15) is 0 Å². The number of hydrogen-bond acceptors (Lipinski definition) is 4. The summed E-state index contributed by atoms with van der Waals surface area (Å²) in [6, 6.07) is 4.39. The van der Waals surface area contributed by atoms with Gasteiger partial charge in [0.05, 0.1) is 26.4 Å². The summed E-state index contributed by atoms with van der Waals surface area (Å²) in [6.07, 6.45) is -0.536. The van der Waals surface area contributed by atoms with Crippen molar-refractivity contribution in [3.8, 4) is 5.75 Å². The molecule has 1 N–H and O–H groups in total. The molecule has 102 valence electrons. The number of aliphatic hydroxyl groups is 1. The molecule has 1 atom stereocenters. The Morgan fingerprint density at radius 2 is 2.00 bits per heavy atom. The number of benzene rings is 1. The van der Waals surface area contributed by atoms with Crippen LogP contribution in [0.1, 0.15) is 18.1 Å². The predicted octanol–water partition coefficient (Wildman–Crippen LogP) is 1.92. The Balaban J connectivity index is 2.43. The molecule has 5 heteroatoms. The molecule has 0 heterocycles. The summed E-state index contributed by atoms with van der Waals surface area (Å²) in [5, 5.41) is 9.83. The number of ether oxygens (including phenoxy) is 3. The van der Waals surface area contributed by atoms with Gasteiger partial charge in [0.15, 0.2) is 0 Å². The van der Waals surface area contributed by atoms with E-state index in [9.17, 15) is 9.50 Å². The molecule has 1 aromatic rings. The molecule has 4 nitrogen and oxygen atoms in total. The van der Waals surface area contributed by atoms with Crippen LogP contribution in [0.15, 0.2) is 18.2 Å². The van der Waals surface area contributed by atoms with Crippen LogP contribution in [0.25, 0.3) is 0 Å². The first-order valence-electron chi connectivity index (χ1n) is 5.77. The zero-order valence-corrected chi connectivity index (χ0v) is 10.7. The van der Waals surface area contributed by atoms with Crippen LogP contribution in [0.4, 0.5) is 4.39 Å². The van der Waals surface area contributed by atoms with Crippen molar-refractivity contribution in [1.82, 2.24) is 0 Å². The molecule has 0 fully saturated rings. The van der Waals surface area contributed by atoms with Gasteiger partial charge in [0.1, 0.15) is 11.6 Å². The molecule has 18 heavy (non-hydrogen) atoms. The zero-order chi connectivity index (χ0) is 13.4. The van der Waals surface area contributed by atoms with E-state index in [0.29, 0.717) is 32.0 Å². The topological polar surface area (TPSA) is 47.9 Å². The number of rotatable bonds is 8. The lowest BCUT2D eigenvalue weighted by Crippen LogP contribution is -2.08. The van der Waals surface area contributed by atoms with E-state index in [1.165, 1.54) is 19.2 Å². The van der Waals surface area contributed by atoms with Gasteiger partial charge in [-0.15, -0.1) is 0 Å². The van der Waals surface area contributed by atoms with Crippen LogP contribution in [0.3, 0.4) is 0 Å². The van der Waals surface area contributed by atoms with Gasteiger partial charge in [-0.1, -0.05) is 0 Å². The van der Waals surface area contributed by atoms with Crippen LogP contribution in [-0.2, 0) is 9.47 Å². The highest BCUT2D eigenvalue weighted by Gasteiger charge is 2.13.